The average molecular weight is 374 g/mol. The van der Waals surface area contributed by atoms with E-state index in [4.69, 9.17) is 19.2 Å². The first-order chi connectivity index (χ1) is 12.2. The number of aliphatic hydroxyl groups is 1. The van der Waals surface area contributed by atoms with Crippen molar-refractivity contribution in [1.82, 2.24) is 0 Å². The zero-order valence-corrected chi connectivity index (χ0v) is 16.8. The first-order valence-electron chi connectivity index (χ1n) is 9.09. The first kappa shape index (κ1) is 23.0. The van der Waals surface area contributed by atoms with E-state index in [1.165, 1.54) is 7.11 Å². The Kier molecular flexibility index (Phi) is 9.19. The Bertz CT molecular complexity index is 465. The van der Waals surface area contributed by atoms with Gasteiger partial charge in [-0.2, -0.15) is 0 Å². The highest BCUT2D eigenvalue weighted by Gasteiger charge is 2.42. The molecule has 7 nitrogen and oxygen atoms in total. The van der Waals surface area contributed by atoms with E-state index in [1.54, 1.807) is 21.1 Å². The number of allylic oxidation sites excluding steroid dienone is 1. The molecule has 1 aliphatic heterocycles. The fourth-order valence-electron chi connectivity index (χ4n) is 2.93. The molecule has 0 aromatic rings. The van der Waals surface area contributed by atoms with E-state index in [2.05, 4.69) is 4.74 Å². The third-order valence-corrected chi connectivity index (χ3v) is 5.21. The SMILES string of the molecule is COC(=O)C[C@@H]1OO[C@@](CCCC=C[C@@](C)(OC)[C@H](C)O)(OC)C[C@@H]1C. The molecule has 7 heteroatoms. The summed E-state index contributed by atoms with van der Waals surface area (Å²) in [5.41, 5.74) is -0.695. The predicted octanol–water partition coefficient (Wildman–Crippen LogP) is 2.76. The monoisotopic (exact) mass is 374 g/mol. The molecule has 26 heavy (non-hydrogen) atoms. The summed E-state index contributed by atoms with van der Waals surface area (Å²) in [7, 11) is 4.54. The first-order valence-corrected chi connectivity index (χ1v) is 9.09. The van der Waals surface area contributed by atoms with Crippen LogP contribution in [0.3, 0.4) is 0 Å². The third kappa shape index (κ3) is 6.32. The lowest BCUT2D eigenvalue weighted by Gasteiger charge is -2.40. The molecule has 1 heterocycles. The van der Waals surface area contributed by atoms with Gasteiger partial charge in [0.05, 0.1) is 19.6 Å². The van der Waals surface area contributed by atoms with E-state index in [1.807, 2.05) is 26.0 Å². The molecule has 1 aliphatic rings. The van der Waals surface area contributed by atoms with E-state index < -0.39 is 17.5 Å². The van der Waals surface area contributed by atoms with Gasteiger partial charge in [-0.1, -0.05) is 19.1 Å². The summed E-state index contributed by atoms with van der Waals surface area (Å²) in [5, 5.41) is 9.78. The topological polar surface area (TPSA) is 83.5 Å². The van der Waals surface area contributed by atoms with E-state index in [0.717, 1.165) is 12.8 Å². The second-order valence-electron chi connectivity index (χ2n) is 7.15. The molecular formula is C19H34O7. The maximum atomic E-state index is 11.4. The van der Waals surface area contributed by atoms with Crippen molar-refractivity contribution >= 4 is 5.97 Å². The summed E-state index contributed by atoms with van der Waals surface area (Å²) in [4.78, 5) is 22.4. The average Bonchev–Trinajstić information content (AvgIpc) is 2.63. The number of carbonyl (C=O) groups excluding carboxylic acids is 1. The van der Waals surface area contributed by atoms with Gasteiger partial charge in [-0.05, 0) is 32.6 Å². The van der Waals surface area contributed by atoms with Gasteiger partial charge < -0.3 is 19.3 Å². The van der Waals surface area contributed by atoms with Gasteiger partial charge in [-0.15, -0.1) is 0 Å². The van der Waals surface area contributed by atoms with Gasteiger partial charge in [0.15, 0.2) is 0 Å². The molecule has 0 aromatic carbocycles. The second-order valence-corrected chi connectivity index (χ2v) is 7.15. The Morgan fingerprint density at radius 2 is 2.12 bits per heavy atom. The lowest BCUT2D eigenvalue weighted by molar-refractivity contribution is -0.475. The fourth-order valence-corrected chi connectivity index (χ4v) is 2.93. The van der Waals surface area contributed by atoms with Crippen molar-refractivity contribution in [3.05, 3.63) is 12.2 Å². The Hall–Kier alpha value is -0.990. The van der Waals surface area contributed by atoms with Gasteiger partial charge in [0.2, 0.25) is 5.79 Å². The summed E-state index contributed by atoms with van der Waals surface area (Å²) in [5.74, 6) is -1.03. The van der Waals surface area contributed by atoms with E-state index in [9.17, 15) is 9.90 Å². The van der Waals surface area contributed by atoms with Gasteiger partial charge in [0.1, 0.15) is 11.7 Å². The molecule has 0 amide bonds. The smallest absolute Gasteiger partial charge is 0.308 e. The molecule has 152 valence electrons. The summed E-state index contributed by atoms with van der Waals surface area (Å²) >= 11 is 0. The lowest BCUT2D eigenvalue weighted by atomic mass is 9.90. The molecule has 0 aliphatic carbocycles. The zero-order valence-electron chi connectivity index (χ0n) is 16.8. The minimum Gasteiger partial charge on any atom is -0.469 e. The maximum Gasteiger partial charge on any atom is 0.308 e. The van der Waals surface area contributed by atoms with Crippen LogP contribution in [0.15, 0.2) is 12.2 Å². The number of ether oxygens (including phenoxy) is 3. The molecule has 0 saturated carbocycles. The molecule has 1 N–H and O–H groups in total. The molecule has 5 atom stereocenters. The number of carbonyl (C=O) groups is 1. The van der Waals surface area contributed by atoms with Crippen molar-refractivity contribution in [3.63, 3.8) is 0 Å². The summed E-state index contributed by atoms with van der Waals surface area (Å²) in [6.07, 6.45) is 6.00. The largest absolute Gasteiger partial charge is 0.469 e. The van der Waals surface area contributed by atoms with E-state index >= 15 is 0 Å². The van der Waals surface area contributed by atoms with Crippen molar-refractivity contribution in [1.29, 1.82) is 0 Å². The summed E-state index contributed by atoms with van der Waals surface area (Å²) in [6.45, 7) is 5.55. The highest BCUT2D eigenvalue weighted by molar-refractivity contribution is 5.69. The minimum absolute atomic E-state index is 0.102. The van der Waals surface area contributed by atoms with Crippen LogP contribution in [0, 0.1) is 5.92 Å². The third-order valence-electron chi connectivity index (χ3n) is 5.21. The minimum atomic E-state index is -0.811. The van der Waals surface area contributed by atoms with Crippen LogP contribution in [-0.2, 0) is 28.8 Å². The van der Waals surface area contributed by atoms with Gasteiger partial charge in [0.25, 0.3) is 0 Å². The van der Waals surface area contributed by atoms with Gasteiger partial charge in [0, 0.05) is 27.1 Å². The van der Waals surface area contributed by atoms with Crippen molar-refractivity contribution in [2.24, 2.45) is 5.92 Å². The number of aliphatic hydroxyl groups excluding tert-OH is 1. The number of rotatable bonds is 10. The molecule has 0 spiro atoms. The Balaban J connectivity index is 2.51. The van der Waals surface area contributed by atoms with Crippen molar-refractivity contribution in [2.45, 2.75) is 76.5 Å². The van der Waals surface area contributed by atoms with E-state index in [0.29, 0.717) is 12.8 Å². The van der Waals surface area contributed by atoms with Crippen LogP contribution in [-0.4, -0.2) is 56.0 Å². The van der Waals surface area contributed by atoms with Gasteiger partial charge in [-0.25, -0.2) is 9.78 Å². The fraction of sp³-hybridized carbons (Fsp3) is 0.842. The second kappa shape index (κ2) is 10.4. The van der Waals surface area contributed by atoms with E-state index in [-0.39, 0.29) is 24.4 Å². The Labute approximate surface area is 156 Å². The Morgan fingerprint density at radius 1 is 1.42 bits per heavy atom. The molecule has 0 bridgehead atoms. The van der Waals surface area contributed by atoms with Crippen LogP contribution >= 0.6 is 0 Å². The number of esters is 1. The van der Waals surface area contributed by atoms with Crippen LogP contribution < -0.4 is 0 Å². The summed E-state index contributed by atoms with van der Waals surface area (Å²) in [6, 6.07) is 0. The van der Waals surface area contributed by atoms with Crippen molar-refractivity contribution in [2.75, 3.05) is 21.3 Å². The quantitative estimate of drug-likeness (QED) is 0.272. The van der Waals surface area contributed by atoms with Gasteiger partial charge in [-0.3, -0.25) is 4.79 Å². The number of methoxy groups -OCH3 is 3. The normalized spacial score (nSPS) is 30.1. The zero-order chi connectivity index (χ0) is 19.8. The number of unbranched alkanes of at least 4 members (excludes halogenated alkanes) is 1. The molecule has 0 aromatic heterocycles. The van der Waals surface area contributed by atoms with Gasteiger partial charge >= 0.3 is 5.97 Å². The summed E-state index contributed by atoms with van der Waals surface area (Å²) < 4.78 is 15.6. The van der Waals surface area contributed by atoms with Crippen LogP contribution in [0.5, 0.6) is 0 Å². The molecule has 0 radical (unpaired) electrons. The predicted molar refractivity (Wildman–Crippen MR) is 96.2 cm³/mol. The van der Waals surface area contributed by atoms with Crippen molar-refractivity contribution in [3.8, 4) is 0 Å². The van der Waals surface area contributed by atoms with Crippen LogP contribution in [0.25, 0.3) is 0 Å². The molecule has 0 unspecified atom stereocenters. The molecule has 1 saturated heterocycles. The Morgan fingerprint density at radius 3 is 2.62 bits per heavy atom. The number of hydrogen-bond donors (Lipinski definition) is 1. The number of hydrogen-bond acceptors (Lipinski definition) is 7. The highest BCUT2D eigenvalue weighted by atomic mass is 17.2. The van der Waals surface area contributed by atoms with Crippen molar-refractivity contribution < 1.29 is 33.9 Å². The van der Waals surface area contributed by atoms with Crippen LogP contribution in [0.2, 0.25) is 0 Å². The van der Waals surface area contributed by atoms with Crippen LogP contribution in [0.4, 0.5) is 0 Å². The standard InChI is InChI=1S/C19H34O7/c1-14-13-19(24-6,26-25-16(14)12-17(21)22-4)11-9-7-8-10-18(3,23-5)15(2)20/h8,10,14-16,20H,7,9,11-13H2,1-6H3/t14-,15-,16-,18+,19+/m0/s1. The maximum absolute atomic E-state index is 11.4. The van der Waals surface area contributed by atoms with Crippen LogP contribution in [0.1, 0.15) is 52.9 Å². The lowest BCUT2D eigenvalue weighted by Crippen LogP contribution is -2.46. The molecular weight excluding hydrogens is 340 g/mol. The molecule has 1 rings (SSSR count). The molecule has 1 fully saturated rings. The highest BCUT2D eigenvalue weighted by Crippen LogP contribution is 2.36.